The fourth-order valence-corrected chi connectivity index (χ4v) is 8.27. The molecule has 0 radical (unpaired) electrons. The molecule has 3 heterocycles. The van der Waals surface area contributed by atoms with Crippen LogP contribution in [0.3, 0.4) is 0 Å². The lowest BCUT2D eigenvalue weighted by Gasteiger charge is -2.36. The zero-order chi connectivity index (χ0) is 31.1. The number of fused-ring (bicyclic) bond motifs is 9. The molecular formula is C43H33N4+. The van der Waals surface area contributed by atoms with E-state index in [0.717, 1.165) is 11.0 Å². The minimum absolute atomic E-state index is 0.0410. The summed E-state index contributed by atoms with van der Waals surface area (Å²) in [5.74, 6) is 0.278. The minimum atomic E-state index is -0.193. The van der Waals surface area contributed by atoms with Crippen molar-refractivity contribution < 1.29 is 5.32 Å². The van der Waals surface area contributed by atoms with Gasteiger partial charge in [0.05, 0.1) is 32.8 Å². The average Bonchev–Trinajstić information content (AvgIpc) is 3.64. The number of allylic oxidation sites excluding steroid dienone is 5. The summed E-state index contributed by atoms with van der Waals surface area (Å²) in [5, 5.41) is 8.40. The van der Waals surface area contributed by atoms with E-state index in [0.29, 0.717) is 0 Å². The highest BCUT2D eigenvalue weighted by molar-refractivity contribution is 6.09. The van der Waals surface area contributed by atoms with Gasteiger partial charge >= 0.3 is 0 Å². The second-order valence-corrected chi connectivity index (χ2v) is 13.2. The molecule has 3 atom stereocenters. The number of hydrogen-bond donors (Lipinski definition) is 1. The van der Waals surface area contributed by atoms with Gasteiger partial charge in [-0.2, -0.15) is 0 Å². The minimum Gasteiger partial charge on any atom is -0.309 e. The monoisotopic (exact) mass is 605 g/mol. The molecule has 47 heavy (non-hydrogen) atoms. The molecule has 2 N–H and O–H groups in total. The molecule has 2 aliphatic carbocycles. The SMILES string of the molecule is CC12C=CC=CC1c1c(n(C3N=c4ccccc4=C(c4ccc5c6ccccc6n(-c6ccccc6)c5c4)[NH2+]3)c3ccccc13)C=C2. The predicted octanol–water partition coefficient (Wildman–Crippen LogP) is 7.49. The van der Waals surface area contributed by atoms with Gasteiger partial charge in [-0.15, -0.1) is 0 Å². The van der Waals surface area contributed by atoms with Crippen molar-refractivity contribution in [1.82, 2.24) is 9.13 Å². The maximum atomic E-state index is 5.42. The molecule has 1 aliphatic heterocycles. The lowest BCUT2D eigenvalue weighted by atomic mass is 9.68. The molecule has 0 saturated carbocycles. The van der Waals surface area contributed by atoms with Crippen molar-refractivity contribution in [3.05, 3.63) is 179 Å². The summed E-state index contributed by atoms with van der Waals surface area (Å²) in [4.78, 5) is 5.42. The predicted molar refractivity (Wildman–Crippen MR) is 192 cm³/mol. The smallest absolute Gasteiger partial charge is 0.269 e. The van der Waals surface area contributed by atoms with E-state index in [1.807, 2.05) is 0 Å². The number of hydrogen-bond acceptors (Lipinski definition) is 1. The Labute approximate surface area is 272 Å². The van der Waals surface area contributed by atoms with Crippen LogP contribution in [0.2, 0.25) is 0 Å². The Morgan fingerprint density at radius 2 is 1.43 bits per heavy atom. The van der Waals surface area contributed by atoms with Crippen LogP contribution in [0, 0.1) is 5.41 Å². The molecule has 3 aliphatic rings. The average molecular weight is 606 g/mol. The Balaban J connectivity index is 1.19. The van der Waals surface area contributed by atoms with Gasteiger partial charge in [-0.1, -0.05) is 110 Å². The van der Waals surface area contributed by atoms with Crippen LogP contribution >= 0.6 is 0 Å². The van der Waals surface area contributed by atoms with Gasteiger partial charge in [-0.25, -0.2) is 4.99 Å². The van der Waals surface area contributed by atoms with Crippen LogP contribution in [0.1, 0.15) is 36.0 Å². The molecule has 0 saturated heterocycles. The van der Waals surface area contributed by atoms with E-state index in [-0.39, 0.29) is 17.6 Å². The second-order valence-electron chi connectivity index (χ2n) is 13.2. The number of para-hydroxylation sites is 4. The van der Waals surface area contributed by atoms with Crippen molar-refractivity contribution in [2.24, 2.45) is 10.4 Å². The van der Waals surface area contributed by atoms with Crippen LogP contribution in [0.25, 0.3) is 50.2 Å². The lowest BCUT2D eigenvalue weighted by molar-refractivity contribution is -0.628. The molecule has 7 aromatic rings. The van der Waals surface area contributed by atoms with E-state index in [4.69, 9.17) is 4.99 Å². The van der Waals surface area contributed by atoms with E-state index in [9.17, 15) is 0 Å². The highest BCUT2D eigenvalue weighted by Gasteiger charge is 2.39. The Bertz CT molecular complexity index is 2630. The molecular weight excluding hydrogens is 573 g/mol. The first kappa shape index (κ1) is 26.5. The Kier molecular flexibility index (Phi) is 5.58. The van der Waals surface area contributed by atoms with Crippen molar-refractivity contribution in [3.8, 4) is 5.69 Å². The van der Waals surface area contributed by atoms with Gasteiger partial charge in [0.2, 0.25) is 0 Å². The van der Waals surface area contributed by atoms with Crippen LogP contribution in [0.4, 0.5) is 0 Å². The van der Waals surface area contributed by atoms with Crippen molar-refractivity contribution >= 4 is 44.5 Å². The summed E-state index contributed by atoms with van der Waals surface area (Å²) in [6.07, 6.45) is 13.6. The highest BCUT2D eigenvalue weighted by Crippen LogP contribution is 2.50. The first-order valence-corrected chi connectivity index (χ1v) is 16.5. The fraction of sp³-hybridized carbons (Fsp3) is 0.0930. The van der Waals surface area contributed by atoms with Crippen LogP contribution < -0.4 is 15.9 Å². The van der Waals surface area contributed by atoms with Gasteiger partial charge in [0.15, 0.2) is 0 Å². The van der Waals surface area contributed by atoms with E-state index in [2.05, 4.69) is 179 Å². The van der Waals surface area contributed by atoms with Crippen molar-refractivity contribution in [2.75, 3.05) is 0 Å². The summed E-state index contributed by atoms with van der Waals surface area (Å²) in [6, 6.07) is 43.9. The standard InChI is InChI=1S/C43H32N4/c1-43-25-12-11-18-34(43)40-33-17-7-10-21-37(33)47(38(40)24-26-43)42-44-35-19-8-5-16-32(35)41(45-42)28-22-23-31-30-15-6-9-20-36(30)46(39(31)27-28)29-13-3-2-4-14-29/h2-27,34,42,45H,1H3/p+1. The number of nitrogens with zero attached hydrogens (tertiary/aromatic N) is 3. The van der Waals surface area contributed by atoms with Crippen LogP contribution in [-0.2, 0) is 0 Å². The zero-order valence-corrected chi connectivity index (χ0v) is 26.1. The maximum absolute atomic E-state index is 5.42. The molecule has 224 valence electrons. The quantitative estimate of drug-likeness (QED) is 0.217. The van der Waals surface area contributed by atoms with Crippen LogP contribution in [-0.4, -0.2) is 9.13 Å². The third-order valence-electron chi connectivity index (χ3n) is 10.5. The first-order valence-electron chi connectivity index (χ1n) is 16.5. The van der Waals surface area contributed by atoms with Gasteiger partial charge in [-0.05, 0) is 60.2 Å². The van der Waals surface area contributed by atoms with Gasteiger partial charge < -0.3 is 4.57 Å². The molecule has 10 rings (SSSR count). The first-order chi connectivity index (χ1) is 23.2. The van der Waals surface area contributed by atoms with Gasteiger partial charge in [0.25, 0.3) is 6.29 Å². The number of rotatable bonds is 3. The maximum Gasteiger partial charge on any atom is 0.269 e. The molecule has 0 fully saturated rings. The molecule has 5 aromatic carbocycles. The number of nitrogens with two attached hydrogens (primary N) is 1. The Morgan fingerprint density at radius 1 is 0.681 bits per heavy atom. The molecule has 2 aromatic heterocycles. The Hall–Kier alpha value is -5.71. The van der Waals surface area contributed by atoms with Crippen molar-refractivity contribution in [2.45, 2.75) is 19.1 Å². The van der Waals surface area contributed by atoms with Crippen molar-refractivity contribution in [1.29, 1.82) is 0 Å². The van der Waals surface area contributed by atoms with E-state index in [1.54, 1.807) is 0 Å². The van der Waals surface area contributed by atoms with E-state index in [1.165, 1.54) is 60.4 Å². The summed E-state index contributed by atoms with van der Waals surface area (Å²) in [5.41, 5.74) is 9.81. The summed E-state index contributed by atoms with van der Waals surface area (Å²) in [7, 11) is 0. The zero-order valence-electron chi connectivity index (χ0n) is 26.1. The number of benzene rings is 5. The van der Waals surface area contributed by atoms with Crippen molar-refractivity contribution in [3.63, 3.8) is 0 Å². The van der Waals surface area contributed by atoms with Gasteiger partial charge in [0.1, 0.15) is 5.70 Å². The summed E-state index contributed by atoms with van der Waals surface area (Å²) in [6.45, 7) is 2.34. The van der Waals surface area contributed by atoms with Gasteiger partial charge in [-0.3, -0.25) is 9.88 Å². The fourth-order valence-electron chi connectivity index (χ4n) is 8.27. The topological polar surface area (TPSA) is 38.8 Å². The molecule has 0 bridgehead atoms. The van der Waals surface area contributed by atoms with E-state index >= 15 is 0 Å². The second kappa shape index (κ2) is 9.89. The van der Waals surface area contributed by atoms with Crippen LogP contribution in [0.5, 0.6) is 0 Å². The number of quaternary nitrogens is 1. The largest absolute Gasteiger partial charge is 0.309 e. The molecule has 0 amide bonds. The Morgan fingerprint density at radius 3 is 2.32 bits per heavy atom. The third-order valence-corrected chi connectivity index (χ3v) is 10.5. The lowest BCUT2D eigenvalue weighted by Crippen LogP contribution is -2.87. The van der Waals surface area contributed by atoms with Crippen LogP contribution in [0.15, 0.2) is 157 Å². The normalized spacial score (nSPS) is 21.2. The third kappa shape index (κ3) is 3.82. The summed E-state index contributed by atoms with van der Waals surface area (Å²) >= 11 is 0. The highest BCUT2D eigenvalue weighted by atomic mass is 15.3. The molecule has 4 nitrogen and oxygen atoms in total. The molecule has 0 spiro atoms. The molecule has 3 unspecified atom stereocenters. The summed E-state index contributed by atoms with van der Waals surface area (Å²) < 4.78 is 4.86. The number of aromatic nitrogens is 2. The van der Waals surface area contributed by atoms with E-state index < -0.39 is 0 Å². The van der Waals surface area contributed by atoms with Gasteiger partial charge in [0, 0.05) is 38.7 Å². The molecule has 4 heteroatoms.